The molecule has 8 heteroatoms. The molecule has 0 spiro atoms. The van der Waals surface area contributed by atoms with Gasteiger partial charge in [0.05, 0.1) is 19.8 Å². The van der Waals surface area contributed by atoms with Crippen LogP contribution in [0.15, 0.2) is 0 Å². The number of likely N-dealkylation sites (tertiary alicyclic amines) is 1. The molecule has 0 unspecified atom stereocenters. The summed E-state index contributed by atoms with van der Waals surface area (Å²) in [6.07, 6.45) is 2.67. The number of hydrogen-bond donors (Lipinski definition) is 1. The molecule has 7 nitrogen and oxygen atoms in total. The van der Waals surface area contributed by atoms with Crippen molar-refractivity contribution < 1.29 is 23.9 Å². The van der Waals surface area contributed by atoms with Gasteiger partial charge in [-0.05, 0) is 38.4 Å². The summed E-state index contributed by atoms with van der Waals surface area (Å²) in [5.74, 6) is -1.32. The summed E-state index contributed by atoms with van der Waals surface area (Å²) in [5, 5.41) is 3.06. The zero-order valence-corrected chi connectivity index (χ0v) is 15.0. The van der Waals surface area contributed by atoms with Crippen LogP contribution in [0.5, 0.6) is 0 Å². The fraction of sp³-hybridized carbons (Fsp3) is 0.562. The summed E-state index contributed by atoms with van der Waals surface area (Å²) in [6.45, 7) is 4.36. The SMILES string of the molecule is COC(=O)c1sc(NC(=O)CCN2CCCC2)c(C(=O)OC)c1C. The second kappa shape index (κ2) is 8.25. The standard InChI is InChI=1S/C16H22N2O5S/c1-10-12(15(20)22-2)14(24-13(10)16(21)23-3)17-11(19)6-9-18-7-4-5-8-18/h4-9H2,1-3H3,(H,17,19). The van der Waals surface area contributed by atoms with Crippen LogP contribution >= 0.6 is 11.3 Å². The lowest BCUT2D eigenvalue weighted by Gasteiger charge is -2.13. The largest absolute Gasteiger partial charge is 0.465 e. The zero-order chi connectivity index (χ0) is 17.7. The van der Waals surface area contributed by atoms with E-state index in [1.807, 2.05) is 0 Å². The molecule has 1 amide bonds. The predicted molar refractivity (Wildman–Crippen MR) is 90.7 cm³/mol. The topological polar surface area (TPSA) is 84.9 Å². The smallest absolute Gasteiger partial charge is 0.348 e. The van der Waals surface area contributed by atoms with E-state index in [0.717, 1.165) is 24.4 Å². The lowest BCUT2D eigenvalue weighted by atomic mass is 10.1. The normalized spacial score (nSPS) is 14.5. The molecule has 0 saturated carbocycles. The molecular weight excluding hydrogens is 332 g/mol. The number of rotatable bonds is 6. The van der Waals surface area contributed by atoms with E-state index in [-0.39, 0.29) is 16.3 Å². The van der Waals surface area contributed by atoms with E-state index in [1.165, 1.54) is 27.1 Å². The summed E-state index contributed by atoms with van der Waals surface area (Å²) < 4.78 is 9.48. The minimum atomic E-state index is -0.589. The average Bonchev–Trinajstić information content (AvgIpc) is 3.20. The molecule has 0 aromatic carbocycles. The van der Waals surface area contributed by atoms with Crippen LogP contribution < -0.4 is 5.32 Å². The first-order chi connectivity index (χ1) is 11.5. The number of carbonyl (C=O) groups excluding carboxylic acids is 3. The van der Waals surface area contributed by atoms with Crippen molar-refractivity contribution in [1.29, 1.82) is 0 Å². The second-order valence-electron chi connectivity index (χ2n) is 5.59. The Kier molecular flexibility index (Phi) is 6.33. The number of methoxy groups -OCH3 is 2. The number of hydrogen-bond acceptors (Lipinski definition) is 7. The maximum Gasteiger partial charge on any atom is 0.348 e. The minimum absolute atomic E-state index is 0.190. The Balaban J connectivity index is 2.13. The van der Waals surface area contributed by atoms with Gasteiger partial charge in [-0.15, -0.1) is 11.3 Å². The van der Waals surface area contributed by atoms with Crippen molar-refractivity contribution in [1.82, 2.24) is 4.90 Å². The first-order valence-corrected chi connectivity index (χ1v) is 8.61. The number of ether oxygens (including phenoxy) is 2. The van der Waals surface area contributed by atoms with Crippen molar-refractivity contribution >= 4 is 34.2 Å². The van der Waals surface area contributed by atoms with Crippen LogP contribution in [0.1, 0.15) is 44.9 Å². The molecule has 0 bridgehead atoms. The van der Waals surface area contributed by atoms with E-state index in [1.54, 1.807) is 6.92 Å². The van der Waals surface area contributed by atoms with Crippen LogP contribution in [0.2, 0.25) is 0 Å². The minimum Gasteiger partial charge on any atom is -0.465 e. The summed E-state index contributed by atoms with van der Waals surface area (Å²) in [7, 11) is 2.53. The van der Waals surface area contributed by atoms with Gasteiger partial charge in [0, 0.05) is 13.0 Å². The Labute approximate surface area is 144 Å². The van der Waals surface area contributed by atoms with Crippen LogP contribution in [-0.2, 0) is 14.3 Å². The highest BCUT2D eigenvalue weighted by Crippen LogP contribution is 2.34. The molecule has 24 heavy (non-hydrogen) atoms. The first kappa shape index (κ1) is 18.4. The van der Waals surface area contributed by atoms with Crippen LogP contribution in [0.4, 0.5) is 5.00 Å². The first-order valence-electron chi connectivity index (χ1n) is 7.80. The van der Waals surface area contributed by atoms with Gasteiger partial charge in [0.2, 0.25) is 5.91 Å². The molecule has 1 aliphatic heterocycles. The number of nitrogens with one attached hydrogen (secondary N) is 1. The highest BCUT2D eigenvalue weighted by atomic mass is 32.1. The van der Waals surface area contributed by atoms with E-state index < -0.39 is 11.9 Å². The molecule has 1 aliphatic rings. The lowest BCUT2D eigenvalue weighted by molar-refractivity contribution is -0.116. The molecule has 0 radical (unpaired) electrons. The molecule has 1 saturated heterocycles. The van der Waals surface area contributed by atoms with E-state index >= 15 is 0 Å². The number of thiophene rings is 1. The van der Waals surface area contributed by atoms with Gasteiger partial charge in [-0.2, -0.15) is 0 Å². The third kappa shape index (κ3) is 4.12. The Bertz CT molecular complexity index is 635. The molecule has 2 heterocycles. The molecule has 0 atom stereocenters. The van der Waals surface area contributed by atoms with Crippen molar-refractivity contribution in [3.05, 3.63) is 16.0 Å². The highest BCUT2D eigenvalue weighted by Gasteiger charge is 2.26. The third-order valence-electron chi connectivity index (χ3n) is 4.01. The summed E-state index contributed by atoms with van der Waals surface area (Å²) in [4.78, 5) is 38.5. The van der Waals surface area contributed by atoms with Gasteiger partial charge >= 0.3 is 11.9 Å². The van der Waals surface area contributed by atoms with E-state index in [4.69, 9.17) is 9.47 Å². The van der Waals surface area contributed by atoms with Gasteiger partial charge in [-0.1, -0.05) is 0 Å². The zero-order valence-electron chi connectivity index (χ0n) is 14.1. The quantitative estimate of drug-likeness (QED) is 0.787. The van der Waals surface area contributed by atoms with Gasteiger partial charge in [-0.3, -0.25) is 4.79 Å². The maximum atomic E-state index is 12.2. The Morgan fingerprint density at radius 1 is 1.12 bits per heavy atom. The number of esters is 2. The van der Waals surface area contributed by atoms with E-state index in [9.17, 15) is 14.4 Å². The molecule has 1 aromatic heterocycles. The summed E-state index contributed by atoms with van der Waals surface area (Å²) >= 11 is 1.03. The molecule has 1 N–H and O–H groups in total. The molecule has 1 aromatic rings. The Hall–Kier alpha value is -1.93. The number of carbonyl (C=O) groups is 3. The van der Waals surface area contributed by atoms with Crippen LogP contribution in [0, 0.1) is 6.92 Å². The second-order valence-corrected chi connectivity index (χ2v) is 6.61. The number of anilines is 1. The molecule has 132 valence electrons. The molecule has 1 fully saturated rings. The predicted octanol–water partition coefficient (Wildman–Crippen LogP) is 2.05. The van der Waals surface area contributed by atoms with Gasteiger partial charge < -0.3 is 19.7 Å². The number of amides is 1. The van der Waals surface area contributed by atoms with Crippen LogP contribution in [-0.4, -0.2) is 56.6 Å². The van der Waals surface area contributed by atoms with Crippen LogP contribution in [0.25, 0.3) is 0 Å². The summed E-state index contributed by atoms with van der Waals surface area (Å²) in [6, 6.07) is 0. The van der Waals surface area contributed by atoms with Crippen molar-refractivity contribution in [2.24, 2.45) is 0 Å². The number of nitrogens with zero attached hydrogens (tertiary/aromatic N) is 1. The van der Waals surface area contributed by atoms with Crippen molar-refractivity contribution in [3.8, 4) is 0 Å². The fourth-order valence-corrected chi connectivity index (χ4v) is 3.82. The lowest BCUT2D eigenvalue weighted by Crippen LogP contribution is -2.25. The molecule has 0 aliphatic carbocycles. The fourth-order valence-electron chi connectivity index (χ4n) is 2.69. The van der Waals surface area contributed by atoms with Gasteiger partial charge in [-0.25, -0.2) is 9.59 Å². The molecule has 2 rings (SSSR count). The van der Waals surface area contributed by atoms with Crippen molar-refractivity contribution in [3.63, 3.8) is 0 Å². The highest BCUT2D eigenvalue weighted by molar-refractivity contribution is 7.18. The average molecular weight is 354 g/mol. The van der Waals surface area contributed by atoms with E-state index in [2.05, 4.69) is 10.2 Å². The van der Waals surface area contributed by atoms with E-state index in [0.29, 0.717) is 23.5 Å². The van der Waals surface area contributed by atoms with Crippen molar-refractivity contribution in [2.75, 3.05) is 39.2 Å². The summed E-state index contributed by atoms with van der Waals surface area (Å²) in [5.41, 5.74) is 0.658. The van der Waals surface area contributed by atoms with Crippen molar-refractivity contribution in [2.45, 2.75) is 26.2 Å². The Morgan fingerprint density at radius 3 is 2.33 bits per heavy atom. The van der Waals surface area contributed by atoms with Crippen LogP contribution in [0.3, 0.4) is 0 Å². The third-order valence-corrected chi connectivity index (χ3v) is 5.20. The maximum absolute atomic E-state index is 12.2. The van der Waals surface area contributed by atoms with Gasteiger partial charge in [0.25, 0.3) is 0 Å². The monoisotopic (exact) mass is 354 g/mol. The van der Waals surface area contributed by atoms with Gasteiger partial charge in [0.1, 0.15) is 9.88 Å². The molecular formula is C16H22N2O5S. The Morgan fingerprint density at radius 2 is 1.75 bits per heavy atom. The van der Waals surface area contributed by atoms with Gasteiger partial charge in [0.15, 0.2) is 0 Å².